The molecule has 0 saturated carbocycles. The first-order valence-electron chi connectivity index (χ1n) is 7.46. The van der Waals surface area contributed by atoms with Gasteiger partial charge in [-0.2, -0.15) is 4.98 Å². The molecule has 0 fully saturated rings. The van der Waals surface area contributed by atoms with Crippen LogP contribution < -0.4 is 11.1 Å². The van der Waals surface area contributed by atoms with Gasteiger partial charge in [-0.15, -0.1) is 12.4 Å². The number of aryl methyl sites for hydroxylation is 1. The summed E-state index contributed by atoms with van der Waals surface area (Å²) < 4.78 is 5.16. The number of benzene rings is 1. The Balaban J connectivity index is 0.00000264. The van der Waals surface area contributed by atoms with Crippen LogP contribution in [0.3, 0.4) is 0 Å². The molecule has 6 nitrogen and oxygen atoms in total. The van der Waals surface area contributed by atoms with Gasteiger partial charge in [0.25, 0.3) is 11.8 Å². The third-order valence-electron chi connectivity index (χ3n) is 3.94. The van der Waals surface area contributed by atoms with E-state index in [2.05, 4.69) is 15.5 Å². The molecule has 1 aromatic carbocycles. The lowest BCUT2D eigenvalue weighted by atomic mass is 9.94. The Morgan fingerprint density at radius 1 is 1.30 bits per heavy atom. The lowest BCUT2D eigenvalue weighted by molar-refractivity contribution is 0.0942. The lowest BCUT2D eigenvalue weighted by Gasteiger charge is -2.26. The zero-order valence-electron chi connectivity index (χ0n) is 13.6. The van der Waals surface area contributed by atoms with Gasteiger partial charge in [-0.05, 0) is 31.9 Å². The number of carbonyl (C=O) groups is 1. The van der Waals surface area contributed by atoms with Crippen LogP contribution in [-0.4, -0.2) is 28.1 Å². The quantitative estimate of drug-likeness (QED) is 0.844. The van der Waals surface area contributed by atoms with Crippen LogP contribution in [-0.2, 0) is 0 Å². The van der Waals surface area contributed by atoms with E-state index in [1.165, 1.54) is 0 Å². The van der Waals surface area contributed by atoms with Gasteiger partial charge < -0.3 is 15.6 Å². The minimum Gasteiger partial charge on any atom is -0.350 e. The van der Waals surface area contributed by atoms with Crippen LogP contribution in [0.15, 0.2) is 28.8 Å². The summed E-state index contributed by atoms with van der Waals surface area (Å²) in [5.41, 5.74) is 6.96. The predicted octanol–water partition coefficient (Wildman–Crippen LogP) is 2.71. The Morgan fingerprint density at radius 3 is 2.52 bits per heavy atom. The summed E-state index contributed by atoms with van der Waals surface area (Å²) in [5, 5.41) is 6.67. The largest absolute Gasteiger partial charge is 0.350 e. The van der Waals surface area contributed by atoms with E-state index in [-0.39, 0.29) is 23.9 Å². The highest BCUT2D eigenvalue weighted by atomic mass is 35.5. The van der Waals surface area contributed by atoms with Crippen LogP contribution in [0.2, 0.25) is 0 Å². The summed E-state index contributed by atoms with van der Waals surface area (Å²) >= 11 is 0. The van der Waals surface area contributed by atoms with Crippen molar-refractivity contribution in [1.82, 2.24) is 15.5 Å². The lowest BCUT2D eigenvalue weighted by Crippen LogP contribution is -2.49. The molecule has 0 bridgehead atoms. The number of aromatic nitrogens is 2. The van der Waals surface area contributed by atoms with Crippen molar-refractivity contribution in [2.75, 3.05) is 6.54 Å². The van der Waals surface area contributed by atoms with Crippen LogP contribution in [0.4, 0.5) is 0 Å². The zero-order chi connectivity index (χ0) is 16.2. The minimum absolute atomic E-state index is 0. The zero-order valence-corrected chi connectivity index (χ0v) is 14.4. The Bertz CT molecular complexity index is 653. The molecule has 0 aliphatic carbocycles. The number of carbonyl (C=O) groups excluding carboxylic acids is 1. The van der Waals surface area contributed by atoms with Gasteiger partial charge in [-0.25, -0.2) is 0 Å². The van der Waals surface area contributed by atoms with Crippen molar-refractivity contribution < 1.29 is 9.32 Å². The SMILES string of the molecule is CCC(N)(CC)CNC(=O)c1ccccc1-c1nc(C)no1.Cl. The molecule has 1 heterocycles. The molecule has 23 heavy (non-hydrogen) atoms. The normalized spacial score (nSPS) is 11.0. The number of halogens is 1. The molecule has 0 radical (unpaired) electrons. The van der Waals surface area contributed by atoms with E-state index in [0.717, 1.165) is 12.8 Å². The molecule has 126 valence electrons. The van der Waals surface area contributed by atoms with Gasteiger partial charge in [0, 0.05) is 12.1 Å². The van der Waals surface area contributed by atoms with Gasteiger partial charge in [-0.1, -0.05) is 31.1 Å². The maximum Gasteiger partial charge on any atom is 0.258 e. The van der Waals surface area contributed by atoms with Crippen molar-refractivity contribution in [3.05, 3.63) is 35.7 Å². The molecular weight excluding hydrogens is 316 g/mol. The highest BCUT2D eigenvalue weighted by molar-refractivity contribution is 5.99. The average Bonchev–Trinajstić information content (AvgIpc) is 2.98. The van der Waals surface area contributed by atoms with E-state index in [9.17, 15) is 4.79 Å². The minimum atomic E-state index is -0.383. The summed E-state index contributed by atoms with van der Waals surface area (Å²) in [5.74, 6) is 0.680. The molecule has 0 aliphatic heterocycles. The molecule has 0 unspecified atom stereocenters. The number of nitrogens with zero attached hydrogens (tertiary/aromatic N) is 2. The average molecular weight is 339 g/mol. The summed E-state index contributed by atoms with van der Waals surface area (Å²) in [7, 11) is 0. The van der Waals surface area contributed by atoms with Gasteiger partial charge in [0.2, 0.25) is 0 Å². The third kappa shape index (κ3) is 4.53. The van der Waals surface area contributed by atoms with E-state index in [0.29, 0.717) is 29.4 Å². The summed E-state index contributed by atoms with van der Waals surface area (Å²) in [6, 6.07) is 7.16. The van der Waals surface area contributed by atoms with Gasteiger partial charge in [0.05, 0.1) is 11.1 Å². The maximum absolute atomic E-state index is 12.5. The number of amides is 1. The van der Waals surface area contributed by atoms with Crippen molar-refractivity contribution in [3.8, 4) is 11.5 Å². The highest BCUT2D eigenvalue weighted by Gasteiger charge is 2.23. The van der Waals surface area contributed by atoms with Crippen molar-refractivity contribution >= 4 is 18.3 Å². The van der Waals surface area contributed by atoms with E-state index in [4.69, 9.17) is 10.3 Å². The topological polar surface area (TPSA) is 94.0 Å². The number of rotatable bonds is 6. The second-order valence-electron chi connectivity index (χ2n) is 5.44. The van der Waals surface area contributed by atoms with Crippen molar-refractivity contribution in [3.63, 3.8) is 0 Å². The number of hydrogen-bond donors (Lipinski definition) is 2. The first-order valence-corrected chi connectivity index (χ1v) is 7.46. The van der Waals surface area contributed by atoms with Crippen LogP contribution in [0.25, 0.3) is 11.5 Å². The standard InChI is InChI=1S/C16H22N4O2.ClH/c1-4-16(17,5-2)10-18-14(21)12-8-6-7-9-13(12)15-19-11(3)20-22-15;/h6-9H,4-5,10,17H2,1-3H3,(H,18,21);1H. The number of hydrogen-bond acceptors (Lipinski definition) is 5. The van der Waals surface area contributed by atoms with E-state index >= 15 is 0 Å². The maximum atomic E-state index is 12.5. The molecule has 3 N–H and O–H groups in total. The van der Waals surface area contributed by atoms with Gasteiger partial charge >= 0.3 is 0 Å². The number of nitrogens with one attached hydrogen (secondary N) is 1. The van der Waals surface area contributed by atoms with Crippen LogP contribution in [0.1, 0.15) is 42.9 Å². The third-order valence-corrected chi connectivity index (χ3v) is 3.94. The van der Waals surface area contributed by atoms with Gasteiger partial charge in [0.1, 0.15) is 0 Å². The summed E-state index contributed by atoms with van der Waals surface area (Å²) in [6.07, 6.45) is 1.60. The fourth-order valence-corrected chi connectivity index (χ4v) is 2.13. The molecule has 0 saturated heterocycles. The Kier molecular flexibility index (Phi) is 6.72. The monoisotopic (exact) mass is 338 g/mol. The summed E-state index contributed by atoms with van der Waals surface area (Å²) in [4.78, 5) is 16.7. The first-order chi connectivity index (χ1) is 10.5. The molecule has 2 rings (SSSR count). The van der Waals surface area contributed by atoms with Crippen LogP contribution in [0.5, 0.6) is 0 Å². The number of nitrogens with two attached hydrogens (primary N) is 1. The molecule has 1 aromatic heterocycles. The van der Waals surface area contributed by atoms with Gasteiger partial charge in [0.15, 0.2) is 5.82 Å². The predicted molar refractivity (Wildman–Crippen MR) is 91.6 cm³/mol. The molecular formula is C16H23ClN4O2. The molecule has 7 heteroatoms. The smallest absolute Gasteiger partial charge is 0.258 e. The van der Waals surface area contributed by atoms with Crippen molar-refractivity contribution in [1.29, 1.82) is 0 Å². The molecule has 1 amide bonds. The summed E-state index contributed by atoms with van der Waals surface area (Å²) in [6.45, 7) is 6.20. The Labute approximate surface area is 142 Å². The highest BCUT2D eigenvalue weighted by Crippen LogP contribution is 2.22. The van der Waals surface area contributed by atoms with Crippen LogP contribution >= 0.6 is 12.4 Å². The fraction of sp³-hybridized carbons (Fsp3) is 0.438. The second-order valence-corrected chi connectivity index (χ2v) is 5.44. The molecule has 0 aliphatic rings. The van der Waals surface area contributed by atoms with Crippen molar-refractivity contribution in [2.45, 2.75) is 39.2 Å². The van der Waals surface area contributed by atoms with E-state index in [1.54, 1.807) is 25.1 Å². The van der Waals surface area contributed by atoms with Crippen molar-refractivity contribution in [2.24, 2.45) is 5.73 Å². The molecule has 0 atom stereocenters. The van der Waals surface area contributed by atoms with E-state index < -0.39 is 0 Å². The van der Waals surface area contributed by atoms with E-state index in [1.807, 2.05) is 19.9 Å². The Hall–Kier alpha value is -1.92. The van der Waals surface area contributed by atoms with Crippen LogP contribution in [0, 0.1) is 6.92 Å². The molecule has 2 aromatic rings. The molecule has 0 spiro atoms. The second kappa shape index (κ2) is 8.08. The Morgan fingerprint density at radius 2 is 1.96 bits per heavy atom. The van der Waals surface area contributed by atoms with Gasteiger partial charge in [-0.3, -0.25) is 4.79 Å². The fourth-order valence-electron chi connectivity index (χ4n) is 2.13. The first kappa shape index (κ1) is 19.1.